The second-order valence-corrected chi connectivity index (χ2v) is 6.25. The van der Waals surface area contributed by atoms with Crippen molar-refractivity contribution in [1.29, 1.82) is 0 Å². The summed E-state index contributed by atoms with van der Waals surface area (Å²) in [5, 5.41) is 3.37. The highest BCUT2D eigenvalue weighted by Crippen LogP contribution is 2.34. The number of halogens is 3. The van der Waals surface area contributed by atoms with Crippen LogP contribution in [0.1, 0.15) is 6.42 Å². The van der Waals surface area contributed by atoms with E-state index in [2.05, 4.69) is 53.1 Å². The number of methoxy groups -OCH3 is 1. The lowest BCUT2D eigenvalue weighted by atomic mass is 10.3. The summed E-state index contributed by atoms with van der Waals surface area (Å²) in [5.74, 6) is 0. The topological polar surface area (TPSA) is 30.5 Å². The first-order valence-electron chi connectivity index (χ1n) is 5.60. The molecule has 0 heterocycles. The summed E-state index contributed by atoms with van der Waals surface area (Å²) < 4.78 is 13.4. The van der Waals surface area contributed by atoms with Gasteiger partial charge in [-0.05, 0) is 50.4 Å². The lowest BCUT2D eigenvalue weighted by Gasteiger charge is -2.11. The van der Waals surface area contributed by atoms with Gasteiger partial charge in [0, 0.05) is 33.7 Å². The molecule has 1 rings (SSSR count). The summed E-state index contributed by atoms with van der Waals surface area (Å²) in [7, 11) is 1.67. The number of nitrogens with one attached hydrogen (secondary N) is 1. The number of benzene rings is 1. The van der Waals surface area contributed by atoms with Crippen molar-refractivity contribution in [3.8, 4) is 0 Å². The van der Waals surface area contributed by atoms with Gasteiger partial charge in [0.1, 0.15) is 0 Å². The predicted octanol–water partition coefficient (Wildman–Crippen LogP) is 4.44. The molecule has 1 N–H and O–H groups in total. The van der Waals surface area contributed by atoms with Crippen LogP contribution in [0.15, 0.2) is 25.6 Å². The van der Waals surface area contributed by atoms with Gasteiger partial charge in [0.25, 0.3) is 0 Å². The number of hydrogen-bond donors (Lipinski definition) is 1. The van der Waals surface area contributed by atoms with Crippen LogP contribution in [0.3, 0.4) is 0 Å². The van der Waals surface area contributed by atoms with Crippen molar-refractivity contribution < 1.29 is 9.47 Å². The van der Waals surface area contributed by atoms with Crippen LogP contribution in [0.25, 0.3) is 0 Å². The molecule has 18 heavy (non-hydrogen) atoms. The first kappa shape index (κ1) is 16.4. The molecule has 0 aliphatic carbocycles. The first-order chi connectivity index (χ1) is 8.65. The third-order valence-electron chi connectivity index (χ3n) is 2.21. The minimum atomic E-state index is 0.650. The van der Waals surface area contributed by atoms with Crippen molar-refractivity contribution in [1.82, 2.24) is 0 Å². The average Bonchev–Trinajstić information content (AvgIpc) is 2.30. The van der Waals surface area contributed by atoms with Crippen molar-refractivity contribution in [3.63, 3.8) is 0 Å². The van der Waals surface area contributed by atoms with Crippen LogP contribution in [0.4, 0.5) is 5.69 Å². The Labute approximate surface area is 133 Å². The molecule has 0 fully saturated rings. The Morgan fingerprint density at radius 1 is 1.06 bits per heavy atom. The molecule has 0 unspecified atom stereocenters. The smallest absolute Gasteiger partial charge is 0.0700 e. The minimum absolute atomic E-state index is 0.650. The lowest BCUT2D eigenvalue weighted by molar-refractivity contribution is 0.0705. The van der Waals surface area contributed by atoms with Crippen molar-refractivity contribution >= 4 is 53.5 Å². The molecule has 0 aromatic heterocycles. The molecular weight excluding hydrogens is 430 g/mol. The van der Waals surface area contributed by atoms with E-state index in [-0.39, 0.29) is 0 Å². The van der Waals surface area contributed by atoms with E-state index < -0.39 is 0 Å². The maximum Gasteiger partial charge on any atom is 0.0700 e. The van der Waals surface area contributed by atoms with Gasteiger partial charge in [0.2, 0.25) is 0 Å². The van der Waals surface area contributed by atoms with Crippen LogP contribution in [-0.4, -0.2) is 33.5 Å². The molecule has 0 spiro atoms. The highest BCUT2D eigenvalue weighted by molar-refractivity contribution is 9.11. The van der Waals surface area contributed by atoms with E-state index in [0.29, 0.717) is 13.2 Å². The minimum Gasteiger partial charge on any atom is -0.383 e. The molecule has 3 nitrogen and oxygen atoms in total. The zero-order valence-corrected chi connectivity index (χ0v) is 14.9. The van der Waals surface area contributed by atoms with Gasteiger partial charge >= 0.3 is 0 Å². The Balaban J connectivity index is 2.27. The zero-order valence-electron chi connectivity index (χ0n) is 10.1. The van der Waals surface area contributed by atoms with Gasteiger partial charge in [0.15, 0.2) is 0 Å². The SMILES string of the molecule is COCCOCCCNc1c(Br)cc(Br)cc1Br. The van der Waals surface area contributed by atoms with E-state index >= 15 is 0 Å². The molecule has 0 bridgehead atoms. The van der Waals surface area contributed by atoms with Gasteiger partial charge < -0.3 is 14.8 Å². The Kier molecular flexibility index (Phi) is 8.50. The van der Waals surface area contributed by atoms with E-state index in [1.165, 1.54) is 0 Å². The van der Waals surface area contributed by atoms with Crippen LogP contribution < -0.4 is 5.32 Å². The fraction of sp³-hybridized carbons (Fsp3) is 0.500. The monoisotopic (exact) mass is 443 g/mol. The number of rotatable bonds is 8. The van der Waals surface area contributed by atoms with E-state index in [1.807, 2.05) is 12.1 Å². The molecular formula is C12H16Br3NO2. The van der Waals surface area contributed by atoms with Gasteiger partial charge in [-0.3, -0.25) is 0 Å². The van der Waals surface area contributed by atoms with Gasteiger partial charge in [-0.25, -0.2) is 0 Å². The second-order valence-electron chi connectivity index (χ2n) is 3.63. The quantitative estimate of drug-likeness (QED) is 0.600. The summed E-state index contributed by atoms with van der Waals surface area (Å²) in [6.45, 7) is 2.91. The van der Waals surface area contributed by atoms with Crippen molar-refractivity contribution in [2.45, 2.75) is 6.42 Å². The average molecular weight is 446 g/mol. The molecule has 0 amide bonds. The molecule has 0 aliphatic rings. The molecule has 102 valence electrons. The van der Waals surface area contributed by atoms with Gasteiger partial charge in [-0.2, -0.15) is 0 Å². The molecule has 0 atom stereocenters. The van der Waals surface area contributed by atoms with Gasteiger partial charge in [-0.1, -0.05) is 15.9 Å². The molecule has 6 heteroatoms. The number of anilines is 1. The number of ether oxygens (including phenoxy) is 2. The zero-order chi connectivity index (χ0) is 13.4. The van der Waals surface area contributed by atoms with E-state index in [0.717, 1.165) is 38.7 Å². The van der Waals surface area contributed by atoms with E-state index in [4.69, 9.17) is 9.47 Å². The maximum absolute atomic E-state index is 5.40. The summed E-state index contributed by atoms with van der Waals surface area (Å²) in [5.41, 5.74) is 1.06. The Bertz CT molecular complexity index is 351. The van der Waals surface area contributed by atoms with Crippen LogP contribution >= 0.6 is 47.8 Å². The number of hydrogen-bond acceptors (Lipinski definition) is 3. The van der Waals surface area contributed by atoms with Gasteiger partial charge in [-0.15, -0.1) is 0 Å². The summed E-state index contributed by atoms with van der Waals surface area (Å²) in [4.78, 5) is 0. The van der Waals surface area contributed by atoms with Crippen molar-refractivity contribution in [2.24, 2.45) is 0 Å². The molecule has 0 aliphatic heterocycles. The predicted molar refractivity (Wildman–Crippen MR) is 85.3 cm³/mol. The fourth-order valence-corrected chi connectivity index (χ4v) is 3.88. The molecule has 0 radical (unpaired) electrons. The summed E-state index contributed by atoms with van der Waals surface area (Å²) in [6.07, 6.45) is 0.957. The Morgan fingerprint density at radius 3 is 2.33 bits per heavy atom. The van der Waals surface area contributed by atoms with Crippen LogP contribution in [0.2, 0.25) is 0 Å². The third kappa shape index (κ3) is 6.02. The second kappa shape index (κ2) is 9.31. The Hall–Kier alpha value is 0.380. The lowest BCUT2D eigenvalue weighted by Crippen LogP contribution is -2.09. The maximum atomic E-state index is 5.40. The summed E-state index contributed by atoms with van der Waals surface area (Å²) in [6, 6.07) is 4.03. The van der Waals surface area contributed by atoms with E-state index in [1.54, 1.807) is 7.11 Å². The summed E-state index contributed by atoms with van der Waals surface area (Å²) >= 11 is 10.5. The molecule has 1 aromatic rings. The van der Waals surface area contributed by atoms with Crippen molar-refractivity contribution in [2.75, 3.05) is 38.8 Å². The standard InChI is InChI=1S/C12H16Br3NO2/c1-17-5-6-18-4-2-3-16-12-10(14)7-9(13)8-11(12)15/h7-8,16H,2-6H2,1H3. The van der Waals surface area contributed by atoms with Crippen molar-refractivity contribution in [3.05, 3.63) is 25.6 Å². The van der Waals surface area contributed by atoms with E-state index in [9.17, 15) is 0 Å². The molecule has 0 saturated carbocycles. The Morgan fingerprint density at radius 2 is 1.72 bits per heavy atom. The van der Waals surface area contributed by atoms with Crippen LogP contribution in [0.5, 0.6) is 0 Å². The van der Waals surface area contributed by atoms with Crippen LogP contribution in [-0.2, 0) is 9.47 Å². The highest BCUT2D eigenvalue weighted by atomic mass is 79.9. The fourth-order valence-electron chi connectivity index (χ4n) is 1.34. The highest BCUT2D eigenvalue weighted by Gasteiger charge is 2.05. The largest absolute Gasteiger partial charge is 0.383 e. The molecule has 1 aromatic carbocycles. The third-order valence-corrected chi connectivity index (χ3v) is 3.91. The van der Waals surface area contributed by atoms with Crippen LogP contribution in [0, 0.1) is 0 Å². The first-order valence-corrected chi connectivity index (χ1v) is 7.98. The van der Waals surface area contributed by atoms with Gasteiger partial charge in [0.05, 0.1) is 18.9 Å². The normalized spacial score (nSPS) is 10.7. The molecule has 0 saturated heterocycles.